The molecule has 0 spiro atoms. The minimum absolute atomic E-state index is 0.620. The Labute approximate surface area is 107 Å². The zero-order chi connectivity index (χ0) is 12.5. The number of hydrogen-bond donors (Lipinski definition) is 0. The fourth-order valence-corrected chi connectivity index (χ4v) is 2.40. The van der Waals surface area contributed by atoms with Crippen molar-refractivity contribution in [2.24, 2.45) is 0 Å². The van der Waals surface area contributed by atoms with E-state index in [0.717, 1.165) is 17.1 Å². The molecule has 0 unspecified atom stereocenters. The van der Waals surface area contributed by atoms with Gasteiger partial charge in [0.15, 0.2) is 11.5 Å². The van der Waals surface area contributed by atoms with Gasteiger partial charge in [0, 0.05) is 5.56 Å². The summed E-state index contributed by atoms with van der Waals surface area (Å²) < 4.78 is 11.4. The van der Waals surface area contributed by atoms with Crippen molar-refractivity contribution in [2.45, 2.75) is 13.8 Å². The molecule has 0 aromatic heterocycles. The van der Waals surface area contributed by atoms with Crippen molar-refractivity contribution in [3.8, 4) is 22.6 Å². The summed E-state index contributed by atoms with van der Waals surface area (Å²) in [5.41, 5.74) is 4.86. The molecular formula is C16H16O2. The molecule has 2 heteroatoms. The quantitative estimate of drug-likeness (QED) is 0.756. The monoisotopic (exact) mass is 240 g/mol. The second-order valence-electron chi connectivity index (χ2n) is 4.65. The highest BCUT2D eigenvalue weighted by atomic mass is 16.6. The fourth-order valence-electron chi connectivity index (χ4n) is 2.40. The van der Waals surface area contributed by atoms with Crippen molar-refractivity contribution in [3.63, 3.8) is 0 Å². The molecule has 1 aliphatic heterocycles. The van der Waals surface area contributed by atoms with Gasteiger partial charge in [0.2, 0.25) is 0 Å². The van der Waals surface area contributed by atoms with E-state index in [2.05, 4.69) is 38.1 Å². The van der Waals surface area contributed by atoms with Crippen LogP contribution in [0, 0.1) is 13.8 Å². The van der Waals surface area contributed by atoms with Gasteiger partial charge in [-0.3, -0.25) is 0 Å². The summed E-state index contributed by atoms with van der Waals surface area (Å²) in [6, 6.07) is 12.5. The Morgan fingerprint density at radius 3 is 2.56 bits per heavy atom. The molecule has 92 valence electrons. The lowest BCUT2D eigenvalue weighted by Gasteiger charge is -2.21. The van der Waals surface area contributed by atoms with Crippen LogP contribution >= 0.6 is 0 Å². The molecule has 1 heterocycles. The average molecular weight is 240 g/mol. The van der Waals surface area contributed by atoms with Crippen molar-refractivity contribution in [1.82, 2.24) is 0 Å². The Bertz CT molecular complexity index is 588. The molecule has 0 amide bonds. The van der Waals surface area contributed by atoms with Crippen molar-refractivity contribution in [2.75, 3.05) is 13.2 Å². The van der Waals surface area contributed by atoms with Gasteiger partial charge in [-0.15, -0.1) is 0 Å². The maximum absolute atomic E-state index is 5.77. The molecule has 2 aromatic rings. The average Bonchev–Trinajstić information content (AvgIpc) is 2.38. The van der Waals surface area contributed by atoms with Crippen molar-refractivity contribution in [3.05, 3.63) is 47.5 Å². The zero-order valence-electron chi connectivity index (χ0n) is 10.7. The van der Waals surface area contributed by atoms with E-state index in [1.54, 1.807) is 0 Å². The Morgan fingerprint density at radius 1 is 0.889 bits per heavy atom. The van der Waals surface area contributed by atoms with E-state index >= 15 is 0 Å². The Hall–Kier alpha value is -1.96. The van der Waals surface area contributed by atoms with Gasteiger partial charge in [-0.2, -0.15) is 0 Å². The summed E-state index contributed by atoms with van der Waals surface area (Å²) in [7, 11) is 0. The summed E-state index contributed by atoms with van der Waals surface area (Å²) in [6.45, 7) is 5.49. The van der Waals surface area contributed by atoms with Crippen LogP contribution in [0.25, 0.3) is 11.1 Å². The molecule has 0 atom stereocenters. The number of hydrogen-bond acceptors (Lipinski definition) is 2. The summed E-state index contributed by atoms with van der Waals surface area (Å²) in [4.78, 5) is 0. The summed E-state index contributed by atoms with van der Waals surface area (Å²) in [6.07, 6.45) is 0. The second-order valence-corrected chi connectivity index (χ2v) is 4.65. The number of benzene rings is 2. The smallest absolute Gasteiger partial charge is 0.169 e. The Kier molecular flexibility index (Phi) is 2.71. The lowest BCUT2D eigenvalue weighted by Crippen LogP contribution is -2.15. The molecule has 0 bridgehead atoms. The van der Waals surface area contributed by atoms with Gasteiger partial charge < -0.3 is 9.47 Å². The Balaban J connectivity index is 2.17. The molecule has 18 heavy (non-hydrogen) atoms. The first kappa shape index (κ1) is 11.1. The molecule has 1 aliphatic rings. The minimum Gasteiger partial charge on any atom is -0.486 e. The van der Waals surface area contributed by atoms with E-state index in [0.29, 0.717) is 13.2 Å². The molecule has 0 fully saturated rings. The van der Waals surface area contributed by atoms with Crippen molar-refractivity contribution >= 4 is 0 Å². The second kappa shape index (κ2) is 4.37. The van der Waals surface area contributed by atoms with Crippen LogP contribution in [0.15, 0.2) is 36.4 Å². The first-order valence-corrected chi connectivity index (χ1v) is 6.22. The van der Waals surface area contributed by atoms with Gasteiger partial charge in [-0.25, -0.2) is 0 Å². The van der Waals surface area contributed by atoms with Crippen molar-refractivity contribution < 1.29 is 9.47 Å². The molecular weight excluding hydrogens is 224 g/mol. The number of para-hydroxylation sites is 1. The normalized spacial score (nSPS) is 13.4. The van der Waals surface area contributed by atoms with Crippen LogP contribution in [0.5, 0.6) is 11.5 Å². The first-order chi connectivity index (χ1) is 8.75. The summed E-state index contributed by atoms with van der Waals surface area (Å²) in [5.74, 6) is 1.72. The van der Waals surface area contributed by atoms with Gasteiger partial charge in [0.05, 0.1) is 0 Å². The van der Waals surface area contributed by atoms with Crippen LogP contribution in [-0.4, -0.2) is 13.2 Å². The van der Waals surface area contributed by atoms with Crippen LogP contribution < -0.4 is 9.47 Å². The van der Waals surface area contributed by atoms with E-state index in [9.17, 15) is 0 Å². The van der Waals surface area contributed by atoms with Crippen LogP contribution in [0.1, 0.15) is 11.1 Å². The third-order valence-electron chi connectivity index (χ3n) is 3.24. The highest BCUT2D eigenvalue weighted by Crippen LogP contribution is 2.40. The molecule has 0 saturated carbocycles. The van der Waals surface area contributed by atoms with Crippen LogP contribution in [0.2, 0.25) is 0 Å². The number of rotatable bonds is 1. The van der Waals surface area contributed by atoms with E-state index < -0.39 is 0 Å². The van der Waals surface area contributed by atoms with Crippen LogP contribution in [0.3, 0.4) is 0 Å². The first-order valence-electron chi connectivity index (χ1n) is 6.22. The van der Waals surface area contributed by atoms with Gasteiger partial charge in [0.25, 0.3) is 0 Å². The topological polar surface area (TPSA) is 18.5 Å². The highest BCUT2D eigenvalue weighted by molar-refractivity contribution is 5.76. The zero-order valence-corrected chi connectivity index (χ0v) is 10.7. The third-order valence-corrected chi connectivity index (χ3v) is 3.24. The number of fused-ring (bicyclic) bond motifs is 1. The summed E-state index contributed by atoms with van der Waals surface area (Å²) in [5, 5.41) is 0. The van der Waals surface area contributed by atoms with Crippen LogP contribution in [0.4, 0.5) is 0 Å². The highest BCUT2D eigenvalue weighted by Gasteiger charge is 2.17. The number of ether oxygens (including phenoxy) is 2. The van der Waals surface area contributed by atoms with E-state index in [1.165, 1.54) is 16.7 Å². The van der Waals surface area contributed by atoms with Gasteiger partial charge in [0.1, 0.15) is 13.2 Å². The fraction of sp³-hybridized carbons (Fsp3) is 0.250. The van der Waals surface area contributed by atoms with E-state index in [-0.39, 0.29) is 0 Å². The van der Waals surface area contributed by atoms with Crippen molar-refractivity contribution in [1.29, 1.82) is 0 Å². The summed E-state index contributed by atoms with van der Waals surface area (Å²) >= 11 is 0. The minimum atomic E-state index is 0.620. The standard InChI is InChI=1S/C16H16O2/c1-11-6-7-13(12(2)10-11)14-4-3-5-15-16(14)18-9-8-17-15/h3-7,10H,8-9H2,1-2H3. The Morgan fingerprint density at radius 2 is 1.72 bits per heavy atom. The SMILES string of the molecule is Cc1ccc(-c2cccc3c2OCCO3)c(C)c1. The van der Waals surface area contributed by atoms with Crippen LogP contribution in [-0.2, 0) is 0 Å². The molecule has 0 N–H and O–H groups in total. The maximum Gasteiger partial charge on any atom is 0.169 e. The molecule has 2 aromatic carbocycles. The number of aryl methyl sites for hydroxylation is 2. The predicted molar refractivity (Wildman–Crippen MR) is 72.3 cm³/mol. The largest absolute Gasteiger partial charge is 0.486 e. The third kappa shape index (κ3) is 1.84. The molecule has 0 radical (unpaired) electrons. The predicted octanol–water partition coefficient (Wildman–Crippen LogP) is 3.74. The van der Waals surface area contributed by atoms with E-state index in [1.807, 2.05) is 12.1 Å². The molecule has 0 aliphatic carbocycles. The van der Waals surface area contributed by atoms with Gasteiger partial charge >= 0.3 is 0 Å². The van der Waals surface area contributed by atoms with E-state index in [4.69, 9.17) is 9.47 Å². The maximum atomic E-state index is 5.77. The molecule has 2 nitrogen and oxygen atoms in total. The van der Waals surface area contributed by atoms with Gasteiger partial charge in [-0.05, 0) is 31.0 Å². The lowest BCUT2D eigenvalue weighted by atomic mass is 9.97. The lowest BCUT2D eigenvalue weighted by molar-refractivity contribution is 0.172. The molecule has 3 rings (SSSR count). The molecule has 0 saturated heterocycles. The van der Waals surface area contributed by atoms with Gasteiger partial charge in [-0.1, -0.05) is 35.9 Å².